The first kappa shape index (κ1) is 20.9. The minimum absolute atomic E-state index is 0.205. The molecule has 5 nitrogen and oxygen atoms in total. The number of amides is 1. The molecule has 0 aliphatic heterocycles. The summed E-state index contributed by atoms with van der Waals surface area (Å²) in [6.07, 6.45) is 0. The zero-order valence-electron chi connectivity index (χ0n) is 17.7. The summed E-state index contributed by atoms with van der Waals surface area (Å²) in [6.45, 7) is 2.68. The van der Waals surface area contributed by atoms with E-state index in [-0.39, 0.29) is 5.91 Å². The summed E-state index contributed by atoms with van der Waals surface area (Å²) in [5.74, 6) is 0.788. The first-order valence-corrected chi connectivity index (χ1v) is 10.9. The SMILES string of the molecule is CCn1c(=NC(=O)C(c2ccccc2)c2ccccc2)sc2c(OC)ccc(OC)c21. The van der Waals surface area contributed by atoms with Crippen molar-refractivity contribution in [2.75, 3.05) is 14.2 Å². The van der Waals surface area contributed by atoms with Gasteiger partial charge < -0.3 is 14.0 Å². The van der Waals surface area contributed by atoms with E-state index in [0.29, 0.717) is 11.3 Å². The molecule has 0 atom stereocenters. The highest BCUT2D eigenvalue weighted by atomic mass is 32.1. The lowest BCUT2D eigenvalue weighted by Crippen LogP contribution is -2.20. The molecule has 6 heteroatoms. The number of carbonyl (C=O) groups is 1. The number of methoxy groups -OCH3 is 2. The first-order valence-electron chi connectivity index (χ1n) is 10.1. The van der Waals surface area contributed by atoms with Gasteiger partial charge in [0.15, 0.2) is 4.80 Å². The zero-order chi connectivity index (χ0) is 21.8. The van der Waals surface area contributed by atoms with Crippen LogP contribution in [0, 0.1) is 0 Å². The molecular weight excluding hydrogens is 408 g/mol. The molecule has 158 valence electrons. The fourth-order valence-corrected chi connectivity index (χ4v) is 4.97. The smallest absolute Gasteiger partial charge is 0.260 e. The number of nitrogens with zero attached hydrogens (tertiary/aromatic N) is 2. The Morgan fingerprint density at radius 2 is 1.45 bits per heavy atom. The van der Waals surface area contributed by atoms with E-state index >= 15 is 0 Å². The summed E-state index contributed by atoms with van der Waals surface area (Å²) >= 11 is 1.44. The van der Waals surface area contributed by atoms with Crippen LogP contribution >= 0.6 is 11.3 Å². The van der Waals surface area contributed by atoms with Crippen LogP contribution in [0.3, 0.4) is 0 Å². The van der Waals surface area contributed by atoms with Crippen LogP contribution in [0.2, 0.25) is 0 Å². The lowest BCUT2D eigenvalue weighted by Gasteiger charge is -2.14. The Bertz CT molecular complexity index is 1220. The second kappa shape index (κ2) is 9.18. The van der Waals surface area contributed by atoms with Gasteiger partial charge in [0.25, 0.3) is 5.91 Å². The molecule has 0 bridgehead atoms. The van der Waals surface area contributed by atoms with Crippen LogP contribution in [0.25, 0.3) is 10.2 Å². The highest BCUT2D eigenvalue weighted by Gasteiger charge is 2.23. The highest BCUT2D eigenvalue weighted by molar-refractivity contribution is 7.16. The van der Waals surface area contributed by atoms with E-state index in [1.54, 1.807) is 14.2 Å². The molecule has 0 aliphatic rings. The van der Waals surface area contributed by atoms with Crippen LogP contribution in [-0.4, -0.2) is 24.7 Å². The summed E-state index contributed by atoms with van der Waals surface area (Å²) in [5, 5.41) is 0. The maximum atomic E-state index is 13.5. The summed E-state index contributed by atoms with van der Waals surface area (Å²) in [6, 6.07) is 23.3. The number of ether oxygens (including phenoxy) is 2. The van der Waals surface area contributed by atoms with Crippen molar-refractivity contribution in [3.05, 3.63) is 88.7 Å². The molecule has 3 aromatic carbocycles. The third-order valence-corrected chi connectivity index (χ3v) is 6.32. The second-order valence-electron chi connectivity index (χ2n) is 6.98. The number of hydrogen-bond acceptors (Lipinski definition) is 4. The molecule has 0 saturated heterocycles. The number of rotatable bonds is 6. The molecular formula is C25H24N2O3S. The average molecular weight is 433 g/mol. The minimum Gasteiger partial charge on any atom is -0.495 e. The van der Waals surface area contributed by atoms with Crippen molar-refractivity contribution in [3.8, 4) is 11.5 Å². The van der Waals surface area contributed by atoms with E-state index in [2.05, 4.69) is 4.99 Å². The largest absolute Gasteiger partial charge is 0.495 e. The van der Waals surface area contributed by atoms with Gasteiger partial charge in [-0.25, -0.2) is 0 Å². The molecule has 0 unspecified atom stereocenters. The fourth-order valence-electron chi connectivity index (χ4n) is 3.76. The number of benzene rings is 3. The van der Waals surface area contributed by atoms with E-state index in [9.17, 15) is 4.79 Å². The van der Waals surface area contributed by atoms with Crippen molar-refractivity contribution in [3.63, 3.8) is 0 Å². The standard InChI is InChI=1S/C25H24N2O3S/c1-4-27-22-19(29-2)15-16-20(30-3)23(22)31-25(27)26-24(28)21(17-11-7-5-8-12-17)18-13-9-6-10-14-18/h5-16,21H,4H2,1-3H3. The molecule has 0 radical (unpaired) electrons. The Morgan fingerprint density at radius 3 is 1.97 bits per heavy atom. The molecule has 0 fully saturated rings. The van der Waals surface area contributed by atoms with Crippen molar-refractivity contribution < 1.29 is 14.3 Å². The van der Waals surface area contributed by atoms with Gasteiger partial charge in [-0.2, -0.15) is 4.99 Å². The van der Waals surface area contributed by atoms with E-state index in [0.717, 1.165) is 32.8 Å². The third-order valence-electron chi connectivity index (χ3n) is 5.23. The Kier molecular flexibility index (Phi) is 6.18. The second-order valence-corrected chi connectivity index (χ2v) is 7.96. The maximum Gasteiger partial charge on any atom is 0.260 e. The van der Waals surface area contributed by atoms with Crippen molar-refractivity contribution in [2.24, 2.45) is 4.99 Å². The summed E-state index contributed by atoms with van der Waals surface area (Å²) in [7, 11) is 3.28. The molecule has 0 aliphatic carbocycles. The van der Waals surface area contributed by atoms with Gasteiger partial charge in [0.2, 0.25) is 0 Å². The van der Waals surface area contributed by atoms with Crippen molar-refractivity contribution >= 4 is 27.5 Å². The number of aryl methyl sites for hydroxylation is 1. The molecule has 31 heavy (non-hydrogen) atoms. The lowest BCUT2D eigenvalue weighted by molar-refractivity contribution is -0.118. The van der Waals surface area contributed by atoms with Gasteiger partial charge in [0.05, 0.1) is 20.1 Å². The molecule has 0 spiro atoms. The Labute approximate surface area is 185 Å². The molecule has 0 saturated carbocycles. The zero-order valence-corrected chi connectivity index (χ0v) is 18.6. The van der Waals surface area contributed by atoms with Gasteiger partial charge in [0.1, 0.15) is 21.7 Å². The predicted octanol–water partition coefficient (Wildman–Crippen LogP) is 5.00. The number of carbonyl (C=O) groups excluding carboxylic acids is 1. The molecule has 0 N–H and O–H groups in total. The Morgan fingerprint density at radius 1 is 0.903 bits per heavy atom. The van der Waals surface area contributed by atoms with Crippen LogP contribution in [0.15, 0.2) is 77.8 Å². The summed E-state index contributed by atoms with van der Waals surface area (Å²) in [4.78, 5) is 18.8. The topological polar surface area (TPSA) is 52.8 Å². The van der Waals surface area contributed by atoms with Gasteiger partial charge in [-0.1, -0.05) is 72.0 Å². The van der Waals surface area contributed by atoms with Crippen LogP contribution in [-0.2, 0) is 11.3 Å². The van der Waals surface area contributed by atoms with Crippen LogP contribution in [0.4, 0.5) is 0 Å². The van der Waals surface area contributed by atoms with Crippen molar-refractivity contribution in [2.45, 2.75) is 19.4 Å². The van der Waals surface area contributed by atoms with Crippen molar-refractivity contribution in [1.82, 2.24) is 4.57 Å². The monoisotopic (exact) mass is 432 g/mol. The number of thiazole rings is 1. The number of fused-ring (bicyclic) bond motifs is 1. The third kappa shape index (κ3) is 3.99. The van der Waals surface area contributed by atoms with Gasteiger partial charge >= 0.3 is 0 Å². The van der Waals surface area contributed by atoms with E-state index in [1.807, 2.05) is 84.3 Å². The van der Waals surface area contributed by atoms with Gasteiger partial charge in [-0.15, -0.1) is 0 Å². The van der Waals surface area contributed by atoms with E-state index in [1.165, 1.54) is 11.3 Å². The predicted molar refractivity (Wildman–Crippen MR) is 124 cm³/mol. The Hall–Kier alpha value is -3.38. The molecule has 4 aromatic rings. The van der Waals surface area contributed by atoms with Crippen LogP contribution < -0.4 is 14.3 Å². The molecule has 1 aromatic heterocycles. The van der Waals surface area contributed by atoms with E-state index in [4.69, 9.17) is 9.47 Å². The highest BCUT2D eigenvalue weighted by Crippen LogP contribution is 2.35. The summed E-state index contributed by atoms with van der Waals surface area (Å²) in [5.41, 5.74) is 2.72. The average Bonchev–Trinajstić information content (AvgIpc) is 3.18. The number of aromatic nitrogens is 1. The van der Waals surface area contributed by atoms with Crippen molar-refractivity contribution in [1.29, 1.82) is 0 Å². The minimum atomic E-state index is -0.471. The normalized spacial score (nSPS) is 11.8. The molecule has 1 amide bonds. The van der Waals surface area contributed by atoms with Crippen LogP contribution in [0.5, 0.6) is 11.5 Å². The summed E-state index contributed by atoms with van der Waals surface area (Å²) < 4.78 is 14.0. The molecule has 1 heterocycles. The van der Waals surface area contributed by atoms with Gasteiger partial charge in [-0.05, 0) is 30.2 Å². The maximum absolute atomic E-state index is 13.5. The lowest BCUT2D eigenvalue weighted by atomic mass is 9.91. The van der Waals surface area contributed by atoms with Gasteiger partial charge in [0, 0.05) is 6.54 Å². The van der Waals surface area contributed by atoms with Gasteiger partial charge in [-0.3, -0.25) is 4.79 Å². The van der Waals surface area contributed by atoms with E-state index < -0.39 is 5.92 Å². The Balaban J connectivity index is 1.91. The fraction of sp³-hybridized carbons (Fsp3) is 0.200. The van der Waals surface area contributed by atoms with Crippen LogP contribution in [0.1, 0.15) is 24.0 Å². The quantitative estimate of drug-likeness (QED) is 0.431. The molecule has 4 rings (SSSR count). The number of hydrogen-bond donors (Lipinski definition) is 0. The first-order chi connectivity index (χ1) is 15.2.